The second-order valence-corrected chi connectivity index (χ2v) is 2.94. The van der Waals surface area contributed by atoms with Crippen LogP contribution in [0.4, 0.5) is 0 Å². The van der Waals surface area contributed by atoms with Crippen molar-refractivity contribution in [3.63, 3.8) is 0 Å². The summed E-state index contributed by atoms with van der Waals surface area (Å²) in [5, 5.41) is 5.98. The average molecular weight is 184 g/mol. The van der Waals surface area contributed by atoms with Gasteiger partial charge in [0.2, 0.25) is 0 Å². The van der Waals surface area contributed by atoms with Gasteiger partial charge in [0.15, 0.2) is 0 Å². The Hall–Kier alpha value is -1.16. The van der Waals surface area contributed by atoms with E-state index < -0.39 is 0 Å². The van der Waals surface area contributed by atoms with Crippen LogP contribution in [-0.4, -0.2) is 12.7 Å². The highest BCUT2D eigenvalue weighted by Crippen LogP contribution is 1.98. The Morgan fingerprint density at radius 3 is 2.69 bits per heavy atom. The molecule has 0 fully saturated rings. The first kappa shape index (κ1) is 11.8. The van der Waals surface area contributed by atoms with Crippen LogP contribution in [-0.2, 0) is 0 Å². The summed E-state index contributed by atoms with van der Waals surface area (Å²) in [5.41, 5.74) is 12.3. The van der Waals surface area contributed by atoms with Crippen LogP contribution in [0.1, 0.15) is 20.3 Å². The molecule has 4 heteroatoms. The predicted octanol–water partition coefficient (Wildman–Crippen LogP) is 0.194. The highest BCUT2D eigenvalue weighted by atomic mass is 15.0. The lowest BCUT2D eigenvalue weighted by Crippen LogP contribution is -2.28. The summed E-state index contributed by atoms with van der Waals surface area (Å²) in [6.45, 7) is 8.36. The highest BCUT2D eigenvalue weighted by Gasteiger charge is 2.01. The van der Waals surface area contributed by atoms with Crippen LogP contribution in [0.3, 0.4) is 0 Å². The molecular formula is C9H20N4. The molecule has 0 rings (SSSR count). The quantitative estimate of drug-likeness (QED) is 0.351. The zero-order valence-corrected chi connectivity index (χ0v) is 8.43. The molecule has 0 aliphatic heterocycles. The second kappa shape index (κ2) is 6.37. The number of rotatable bonds is 6. The van der Waals surface area contributed by atoms with Crippen LogP contribution in [0, 0.1) is 0 Å². The first-order chi connectivity index (χ1) is 6.11. The van der Waals surface area contributed by atoms with Crippen molar-refractivity contribution in [2.24, 2.45) is 11.5 Å². The SMILES string of the molecule is C=C(NC(C)CC)/C(N)=C\NCN. The third-order valence-electron chi connectivity index (χ3n) is 1.76. The molecule has 0 aromatic rings. The number of hydrogen-bond donors (Lipinski definition) is 4. The average Bonchev–Trinajstić information content (AvgIpc) is 2.13. The van der Waals surface area contributed by atoms with Crippen molar-refractivity contribution in [3.8, 4) is 0 Å². The van der Waals surface area contributed by atoms with Crippen LogP contribution in [0.2, 0.25) is 0 Å². The van der Waals surface area contributed by atoms with E-state index in [1.54, 1.807) is 6.20 Å². The summed E-state index contributed by atoms with van der Waals surface area (Å²) in [5.74, 6) is 0. The van der Waals surface area contributed by atoms with Gasteiger partial charge in [0, 0.05) is 12.2 Å². The number of nitrogens with two attached hydrogens (primary N) is 2. The van der Waals surface area contributed by atoms with E-state index in [-0.39, 0.29) is 0 Å². The van der Waals surface area contributed by atoms with E-state index in [1.165, 1.54) is 0 Å². The van der Waals surface area contributed by atoms with Gasteiger partial charge in [0.25, 0.3) is 0 Å². The van der Waals surface area contributed by atoms with Crippen LogP contribution in [0.5, 0.6) is 0 Å². The van der Waals surface area contributed by atoms with Crippen molar-refractivity contribution in [3.05, 3.63) is 24.2 Å². The lowest BCUT2D eigenvalue weighted by atomic mass is 10.2. The van der Waals surface area contributed by atoms with Crippen molar-refractivity contribution in [1.82, 2.24) is 10.6 Å². The molecule has 0 saturated carbocycles. The molecule has 0 spiro atoms. The van der Waals surface area contributed by atoms with E-state index in [2.05, 4.69) is 31.1 Å². The minimum atomic E-state index is 0.372. The summed E-state index contributed by atoms with van der Waals surface area (Å²) in [7, 11) is 0. The lowest BCUT2D eigenvalue weighted by Gasteiger charge is -2.15. The normalized spacial score (nSPS) is 13.6. The molecule has 1 atom stereocenters. The smallest absolute Gasteiger partial charge is 0.0703 e. The van der Waals surface area contributed by atoms with Crippen LogP contribution < -0.4 is 22.1 Å². The maximum absolute atomic E-state index is 5.69. The summed E-state index contributed by atoms with van der Waals surface area (Å²) in [6.07, 6.45) is 2.69. The van der Waals surface area contributed by atoms with Crippen molar-refractivity contribution in [1.29, 1.82) is 0 Å². The molecule has 0 aromatic heterocycles. The summed E-state index contributed by atoms with van der Waals surface area (Å²) >= 11 is 0. The Morgan fingerprint density at radius 2 is 2.23 bits per heavy atom. The van der Waals surface area contributed by atoms with Gasteiger partial charge in [-0.3, -0.25) is 0 Å². The van der Waals surface area contributed by atoms with Gasteiger partial charge in [0.05, 0.1) is 18.1 Å². The molecule has 0 amide bonds. The first-order valence-corrected chi connectivity index (χ1v) is 4.46. The van der Waals surface area contributed by atoms with E-state index in [1.807, 2.05) is 0 Å². The Labute approximate surface area is 80.1 Å². The molecule has 0 saturated heterocycles. The van der Waals surface area contributed by atoms with E-state index in [4.69, 9.17) is 11.5 Å². The lowest BCUT2D eigenvalue weighted by molar-refractivity contribution is 0.599. The third kappa shape index (κ3) is 5.14. The fourth-order valence-corrected chi connectivity index (χ4v) is 0.739. The molecule has 0 aliphatic rings. The topological polar surface area (TPSA) is 76.1 Å². The summed E-state index contributed by atoms with van der Waals surface area (Å²) < 4.78 is 0. The van der Waals surface area contributed by atoms with Gasteiger partial charge in [0.1, 0.15) is 0 Å². The maximum atomic E-state index is 5.69. The van der Waals surface area contributed by atoms with Gasteiger partial charge < -0.3 is 22.1 Å². The van der Waals surface area contributed by atoms with Gasteiger partial charge in [-0.1, -0.05) is 13.5 Å². The van der Waals surface area contributed by atoms with E-state index >= 15 is 0 Å². The van der Waals surface area contributed by atoms with Crippen molar-refractivity contribution < 1.29 is 0 Å². The molecule has 4 nitrogen and oxygen atoms in total. The van der Waals surface area contributed by atoms with Crippen LogP contribution in [0.15, 0.2) is 24.2 Å². The molecule has 76 valence electrons. The second-order valence-electron chi connectivity index (χ2n) is 2.94. The van der Waals surface area contributed by atoms with E-state index in [9.17, 15) is 0 Å². The minimum Gasteiger partial charge on any atom is -0.396 e. The molecule has 13 heavy (non-hydrogen) atoms. The van der Waals surface area contributed by atoms with Gasteiger partial charge in [-0.2, -0.15) is 0 Å². The van der Waals surface area contributed by atoms with Gasteiger partial charge in [-0.25, -0.2) is 0 Å². The Kier molecular flexibility index (Phi) is 5.80. The summed E-state index contributed by atoms with van der Waals surface area (Å²) in [4.78, 5) is 0. The molecule has 0 aliphatic carbocycles. The molecule has 0 bridgehead atoms. The van der Waals surface area contributed by atoms with Crippen molar-refractivity contribution >= 4 is 0 Å². The Balaban J connectivity index is 3.95. The summed E-state index contributed by atoms with van der Waals surface area (Å²) in [6, 6.07) is 0.386. The van der Waals surface area contributed by atoms with Gasteiger partial charge >= 0.3 is 0 Å². The molecule has 0 radical (unpaired) electrons. The number of hydrogen-bond acceptors (Lipinski definition) is 4. The van der Waals surface area contributed by atoms with Crippen molar-refractivity contribution in [2.75, 3.05) is 6.67 Å². The monoisotopic (exact) mass is 184 g/mol. The Bertz CT molecular complexity index is 186. The fraction of sp³-hybridized carbons (Fsp3) is 0.556. The predicted molar refractivity (Wildman–Crippen MR) is 56.5 cm³/mol. The van der Waals surface area contributed by atoms with Crippen molar-refractivity contribution in [2.45, 2.75) is 26.3 Å². The molecule has 0 heterocycles. The van der Waals surface area contributed by atoms with E-state index in [0.717, 1.165) is 12.1 Å². The van der Waals surface area contributed by atoms with Gasteiger partial charge in [-0.05, 0) is 13.3 Å². The Morgan fingerprint density at radius 1 is 1.62 bits per heavy atom. The third-order valence-corrected chi connectivity index (χ3v) is 1.76. The largest absolute Gasteiger partial charge is 0.396 e. The number of nitrogens with one attached hydrogen (secondary N) is 2. The zero-order valence-electron chi connectivity index (χ0n) is 8.43. The zero-order chi connectivity index (χ0) is 10.3. The molecular weight excluding hydrogens is 164 g/mol. The minimum absolute atomic E-state index is 0.372. The molecule has 0 aromatic carbocycles. The van der Waals surface area contributed by atoms with Crippen LogP contribution in [0.25, 0.3) is 0 Å². The maximum Gasteiger partial charge on any atom is 0.0703 e. The highest BCUT2D eigenvalue weighted by molar-refractivity contribution is 5.23. The molecule has 1 unspecified atom stereocenters. The standard InChI is InChI=1S/C9H20N4/c1-4-7(2)13-8(3)9(11)5-12-6-10/h5,7,12-13H,3-4,6,10-11H2,1-2H3/b9-5+. The van der Waals surface area contributed by atoms with Crippen LogP contribution >= 0.6 is 0 Å². The first-order valence-electron chi connectivity index (χ1n) is 4.46. The van der Waals surface area contributed by atoms with E-state index in [0.29, 0.717) is 18.4 Å². The molecule has 6 N–H and O–H groups in total. The fourth-order valence-electron chi connectivity index (χ4n) is 0.739. The van der Waals surface area contributed by atoms with Gasteiger partial charge in [-0.15, -0.1) is 0 Å².